The molecule has 1 aliphatic heterocycles. The summed E-state index contributed by atoms with van der Waals surface area (Å²) < 4.78 is 13.1. The lowest BCUT2D eigenvalue weighted by atomic mass is 10.0. The molecule has 1 aliphatic rings. The van der Waals surface area contributed by atoms with E-state index in [2.05, 4.69) is 28.9 Å². The van der Waals surface area contributed by atoms with E-state index in [-0.39, 0.29) is 11.7 Å². The molecule has 3 aromatic rings. The zero-order valence-corrected chi connectivity index (χ0v) is 18.1. The van der Waals surface area contributed by atoms with Gasteiger partial charge >= 0.3 is 0 Å². The maximum absolute atomic E-state index is 13.1. The number of rotatable bonds is 5. The van der Waals surface area contributed by atoms with E-state index in [1.165, 1.54) is 12.1 Å². The molecule has 1 amide bonds. The van der Waals surface area contributed by atoms with Gasteiger partial charge in [-0.2, -0.15) is 0 Å². The van der Waals surface area contributed by atoms with Crippen LogP contribution in [0.15, 0.2) is 66.9 Å². The zero-order valence-electron chi connectivity index (χ0n) is 18.1. The summed E-state index contributed by atoms with van der Waals surface area (Å²) in [6, 6.07) is 18.1. The Labute approximate surface area is 182 Å². The Bertz CT molecular complexity index is 1030. The summed E-state index contributed by atoms with van der Waals surface area (Å²) in [7, 11) is 5.97. The Balaban J connectivity index is 1.43. The first-order valence-corrected chi connectivity index (χ1v) is 10.4. The average Bonchev–Trinajstić information content (AvgIpc) is 3.30. The number of pyridine rings is 1. The van der Waals surface area contributed by atoms with Gasteiger partial charge in [-0.3, -0.25) is 4.79 Å². The van der Waals surface area contributed by atoms with E-state index < -0.39 is 0 Å². The van der Waals surface area contributed by atoms with Gasteiger partial charge in [0.25, 0.3) is 5.91 Å². The minimum absolute atomic E-state index is 0.103. The number of anilines is 2. The van der Waals surface area contributed by atoms with Gasteiger partial charge in [-0.1, -0.05) is 24.3 Å². The second-order valence-corrected chi connectivity index (χ2v) is 8.18. The molecule has 0 bridgehead atoms. The normalized spacial score (nSPS) is 16.0. The third-order valence-corrected chi connectivity index (χ3v) is 5.95. The van der Waals surface area contributed by atoms with Crippen molar-refractivity contribution in [2.24, 2.45) is 0 Å². The van der Waals surface area contributed by atoms with Crippen molar-refractivity contribution < 1.29 is 9.18 Å². The Morgan fingerprint density at radius 3 is 2.16 bits per heavy atom. The molecule has 1 atom stereocenters. The lowest BCUT2D eigenvalue weighted by Gasteiger charge is -2.22. The Kier molecular flexibility index (Phi) is 6.00. The molecular formula is C25H27FN4O. The molecule has 31 heavy (non-hydrogen) atoms. The number of amides is 1. The number of nitrogens with zero attached hydrogens (tertiary/aromatic N) is 4. The third-order valence-electron chi connectivity index (χ3n) is 5.95. The first-order chi connectivity index (χ1) is 14.9. The maximum atomic E-state index is 13.1. The van der Waals surface area contributed by atoms with Crippen molar-refractivity contribution in [2.45, 2.75) is 12.5 Å². The summed E-state index contributed by atoms with van der Waals surface area (Å²) in [6.45, 7) is 1.96. The van der Waals surface area contributed by atoms with E-state index in [1.807, 2.05) is 24.3 Å². The minimum atomic E-state index is -0.265. The number of benzene rings is 2. The summed E-state index contributed by atoms with van der Waals surface area (Å²) in [5.74, 6) is 0.575. The number of carbonyl (C=O) groups is 1. The summed E-state index contributed by atoms with van der Waals surface area (Å²) in [6.07, 6.45) is 2.88. The molecule has 0 N–H and O–H groups in total. The van der Waals surface area contributed by atoms with E-state index >= 15 is 0 Å². The zero-order chi connectivity index (χ0) is 22.0. The SMILES string of the molecule is CN(C(=O)c1ccc(-c2ccc(F)cc2)cc1)c1ccc(N2CCC(N(C)C)C2)nc1. The smallest absolute Gasteiger partial charge is 0.258 e. The number of halogens is 1. The molecule has 4 rings (SSSR count). The van der Waals surface area contributed by atoms with E-state index in [1.54, 1.807) is 42.4 Å². The van der Waals surface area contributed by atoms with E-state index in [9.17, 15) is 9.18 Å². The van der Waals surface area contributed by atoms with Crippen LogP contribution in [0, 0.1) is 5.82 Å². The van der Waals surface area contributed by atoms with Crippen molar-refractivity contribution in [3.63, 3.8) is 0 Å². The molecule has 1 unspecified atom stereocenters. The van der Waals surface area contributed by atoms with Crippen molar-refractivity contribution in [3.05, 3.63) is 78.2 Å². The molecule has 2 heterocycles. The first kappa shape index (κ1) is 21.0. The lowest BCUT2D eigenvalue weighted by Crippen LogP contribution is -2.31. The van der Waals surface area contributed by atoms with Crippen LogP contribution in [-0.4, -0.2) is 56.1 Å². The second-order valence-electron chi connectivity index (χ2n) is 8.18. The molecular weight excluding hydrogens is 391 g/mol. The van der Waals surface area contributed by atoms with Crippen LogP contribution in [0.4, 0.5) is 15.9 Å². The van der Waals surface area contributed by atoms with Crippen molar-refractivity contribution >= 4 is 17.4 Å². The highest BCUT2D eigenvalue weighted by Gasteiger charge is 2.25. The maximum Gasteiger partial charge on any atom is 0.258 e. The number of carbonyl (C=O) groups excluding carboxylic acids is 1. The largest absolute Gasteiger partial charge is 0.355 e. The average molecular weight is 419 g/mol. The number of hydrogen-bond acceptors (Lipinski definition) is 4. The molecule has 0 radical (unpaired) electrons. The van der Waals surface area contributed by atoms with Gasteiger partial charge in [0.2, 0.25) is 0 Å². The number of hydrogen-bond donors (Lipinski definition) is 0. The summed E-state index contributed by atoms with van der Waals surface area (Å²) in [5, 5.41) is 0. The highest BCUT2D eigenvalue weighted by Crippen LogP contribution is 2.24. The van der Waals surface area contributed by atoms with Gasteiger partial charge < -0.3 is 14.7 Å². The number of aromatic nitrogens is 1. The first-order valence-electron chi connectivity index (χ1n) is 10.4. The number of likely N-dealkylation sites (N-methyl/N-ethyl adjacent to an activating group) is 1. The quantitative estimate of drug-likeness (QED) is 0.619. The second kappa shape index (κ2) is 8.86. The Hall–Kier alpha value is -3.25. The van der Waals surface area contributed by atoms with Gasteiger partial charge in [0.1, 0.15) is 11.6 Å². The van der Waals surface area contributed by atoms with Gasteiger partial charge in [0.05, 0.1) is 11.9 Å². The molecule has 160 valence electrons. The Morgan fingerprint density at radius 2 is 1.61 bits per heavy atom. The summed E-state index contributed by atoms with van der Waals surface area (Å²) in [4.78, 5) is 23.7. The van der Waals surface area contributed by atoms with E-state index in [0.29, 0.717) is 11.6 Å². The fourth-order valence-electron chi connectivity index (χ4n) is 3.89. The topological polar surface area (TPSA) is 39.7 Å². The van der Waals surface area contributed by atoms with Crippen LogP contribution >= 0.6 is 0 Å². The van der Waals surface area contributed by atoms with Gasteiger partial charge in [-0.25, -0.2) is 9.37 Å². The third kappa shape index (κ3) is 4.59. The van der Waals surface area contributed by atoms with Crippen LogP contribution in [0.2, 0.25) is 0 Å². The molecule has 2 aromatic carbocycles. The predicted molar refractivity (Wildman–Crippen MR) is 123 cm³/mol. The van der Waals surface area contributed by atoms with E-state index in [4.69, 9.17) is 0 Å². The molecule has 1 fully saturated rings. The predicted octanol–water partition coefficient (Wildman–Crippen LogP) is 4.30. The van der Waals surface area contributed by atoms with Crippen LogP contribution in [0.1, 0.15) is 16.8 Å². The van der Waals surface area contributed by atoms with Crippen LogP contribution in [0.3, 0.4) is 0 Å². The molecule has 6 heteroatoms. The fourth-order valence-corrected chi connectivity index (χ4v) is 3.89. The van der Waals surface area contributed by atoms with Gasteiger partial charge in [-0.05, 0) is 68.0 Å². The molecule has 1 aromatic heterocycles. The van der Waals surface area contributed by atoms with Crippen LogP contribution < -0.4 is 9.80 Å². The van der Waals surface area contributed by atoms with Gasteiger partial charge in [-0.15, -0.1) is 0 Å². The van der Waals surface area contributed by atoms with Crippen LogP contribution in [0.25, 0.3) is 11.1 Å². The standard InChI is InChI=1S/C25H27FN4O/c1-28(2)23-14-15-30(17-23)24-13-12-22(16-27-24)29(3)25(31)20-6-4-18(5-7-20)19-8-10-21(26)11-9-19/h4-13,16,23H,14-15,17H2,1-3H3. The fraction of sp³-hybridized carbons (Fsp3) is 0.280. The highest BCUT2D eigenvalue weighted by atomic mass is 19.1. The molecule has 0 aliphatic carbocycles. The Morgan fingerprint density at radius 1 is 0.968 bits per heavy atom. The summed E-state index contributed by atoms with van der Waals surface area (Å²) >= 11 is 0. The van der Waals surface area contributed by atoms with Crippen molar-refractivity contribution in [3.8, 4) is 11.1 Å². The van der Waals surface area contributed by atoms with Crippen molar-refractivity contribution in [1.82, 2.24) is 9.88 Å². The van der Waals surface area contributed by atoms with Crippen molar-refractivity contribution in [1.29, 1.82) is 0 Å². The van der Waals surface area contributed by atoms with Crippen LogP contribution in [-0.2, 0) is 0 Å². The lowest BCUT2D eigenvalue weighted by molar-refractivity contribution is 0.0993. The van der Waals surface area contributed by atoms with Crippen molar-refractivity contribution in [2.75, 3.05) is 44.0 Å². The molecule has 5 nitrogen and oxygen atoms in total. The van der Waals surface area contributed by atoms with Gasteiger partial charge in [0, 0.05) is 31.7 Å². The molecule has 1 saturated heterocycles. The molecule has 0 spiro atoms. The molecule has 0 saturated carbocycles. The van der Waals surface area contributed by atoms with Gasteiger partial charge in [0.15, 0.2) is 0 Å². The summed E-state index contributed by atoms with van der Waals surface area (Å²) in [5.41, 5.74) is 3.18. The van der Waals surface area contributed by atoms with E-state index in [0.717, 1.165) is 42.1 Å². The monoisotopic (exact) mass is 418 g/mol. The minimum Gasteiger partial charge on any atom is -0.355 e. The highest BCUT2D eigenvalue weighted by molar-refractivity contribution is 6.05. The van der Waals surface area contributed by atoms with Crippen LogP contribution in [0.5, 0.6) is 0 Å².